The molecule has 0 aliphatic carbocycles. The molecular formula is C11H9BrFN3O. The maximum absolute atomic E-state index is 12.8. The summed E-state index contributed by atoms with van der Waals surface area (Å²) in [4.78, 5) is 7.93. The van der Waals surface area contributed by atoms with E-state index in [-0.39, 0.29) is 12.4 Å². The number of rotatable bonds is 3. The molecule has 0 saturated heterocycles. The minimum Gasteiger partial charge on any atom is -0.486 e. The summed E-state index contributed by atoms with van der Waals surface area (Å²) in [5.74, 6) is 0.582. The second-order valence-electron chi connectivity index (χ2n) is 3.30. The van der Waals surface area contributed by atoms with Crippen LogP contribution < -0.4 is 10.5 Å². The van der Waals surface area contributed by atoms with Gasteiger partial charge in [0, 0.05) is 0 Å². The first-order valence-electron chi connectivity index (χ1n) is 4.79. The lowest BCUT2D eigenvalue weighted by atomic mass is 10.3. The number of halogens is 2. The number of nitrogens with zero attached hydrogens (tertiary/aromatic N) is 2. The van der Waals surface area contributed by atoms with E-state index >= 15 is 0 Å². The van der Waals surface area contributed by atoms with Gasteiger partial charge in [-0.05, 0) is 34.1 Å². The lowest BCUT2D eigenvalue weighted by Crippen LogP contribution is -2.01. The Hall–Kier alpha value is -1.69. The van der Waals surface area contributed by atoms with E-state index in [1.807, 2.05) is 0 Å². The molecule has 2 rings (SSSR count). The molecule has 1 heterocycles. The predicted molar refractivity (Wildman–Crippen MR) is 64.9 cm³/mol. The smallest absolute Gasteiger partial charge is 0.141 e. The molecule has 0 fully saturated rings. The van der Waals surface area contributed by atoms with Crippen LogP contribution in [0.1, 0.15) is 5.69 Å². The molecule has 0 spiro atoms. The molecule has 1 aromatic heterocycles. The van der Waals surface area contributed by atoms with Crippen molar-refractivity contribution < 1.29 is 9.13 Å². The Morgan fingerprint density at radius 3 is 2.76 bits per heavy atom. The molecular weight excluding hydrogens is 289 g/mol. The maximum Gasteiger partial charge on any atom is 0.141 e. The summed E-state index contributed by atoms with van der Waals surface area (Å²) < 4.78 is 18.9. The van der Waals surface area contributed by atoms with Gasteiger partial charge in [-0.25, -0.2) is 9.37 Å². The van der Waals surface area contributed by atoms with E-state index < -0.39 is 0 Å². The van der Waals surface area contributed by atoms with E-state index in [9.17, 15) is 4.39 Å². The molecule has 88 valence electrons. The van der Waals surface area contributed by atoms with E-state index in [2.05, 4.69) is 25.9 Å². The Balaban J connectivity index is 2.04. The van der Waals surface area contributed by atoms with Gasteiger partial charge in [0.05, 0.1) is 22.6 Å². The van der Waals surface area contributed by atoms with Crippen LogP contribution in [-0.2, 0) is 6.61 Å². The topological polar surface area (TPSA) is 61.0 Å². The van der Waals surface area contributed by atoms with E-state index in [1.54, 1.807) is 6.07 Å². The Morgan fingerprint density at radius 1 is 1.29 bits per heavy atom. The lowest BCUT2D eigenvalue weighted by molar-refractivity contribution is 0.298. The van der Waals surface area contributed by atoms with Crippen LogP contribution in [0.5, 0.6) is 5.75 Å². The van der Waals surface area contributed by atoms with Crippen LogP contribution in [0, 0.1) is 5.82 Å². The maximum atomic E-state index is 12.8. The fraction of sp³-hybridized carbons (Fsp3) is 0.0909. The third-order valence-corrected chi connectivity index (χ3v) is 2.61. The third-order valence-electron chi connectivity index (χ3n) is 1.99. The molecule has 0 radical (unpaired) electrons. The predicted octanol–water partition coefficient (Wildman–Crippen LogP) is 2.54. The van der Waals surface area contributed by atoms with Crippen LogP contribution in [0.4, 0.5) is 10.2 Å². The number of hydrogen-bond acceptors (Lipinski definition) is 4. The van der Waals surface area contributed by atoms with Crippen molar-refractivity contribution in [1.29, 1.82) is 0 Å². The number of hydrogen-bond donors (Lipinski definition) is 1. The zero-order chi connectivity index (χ0) is 12.3. The van der Waals surface area contributed by atoms with Crippen LogP contribution in [-0.4, -0.2) is 9.97 Å². The second kappa shape index (κ2) is 5.09. The van der Waals surface area contributed by atoms with Crippen molar-refractivity contribution in [2.24, 2.45) is 0 Å². The van der Waals surface area contributed by atoms with Gasteiger partial charge in [-0.15, -0.1) is 0 Å². The molecule has 6 heteroatoms. The molecule has 0 amide bonds. The number of nitrogens with two attached hydrogens (primary N) is 1. The highest BCUT2D eigenvalue weighted by Crippen LogP contribution is 2.25. The van der Waals surface area contributed by atoms with Crippen molar-refractivity contribution in [2.75, 3.05) is 5.73 Å². The molecule has 0 aliphatic rings. The second-order valence-corrected chi connectivity index (χ2v) is 4.15. The molecule has 0 atom stereocenters. The Morgan fingerprint density at radius 2 is 2.12 bits per heavy atom. The monoisotopic (exact) mass is 297 g/mol. The van der Waals surface area contributed by atoms with Crippen LogP contribution in [0.3, 0.4) is 0 Å². The molecule has 0 bridgehead atoms. The van der Waals surface area contributed by atoms with Crippen molar-refractivity contribution >= 4 is 21.7 Å². The van der Waals surface area contributed by atoms with E-state index in [4.69, 9.17) is 10.5 Å². The highest BCUT2D eigenvalue weighted by Gasteiger charge is 2.03. The van der Waals surface area contributed by atoms with Gasteiger partial charge in [0.1, 0.15) is 24.0 Å². The number of nitrogen functional groups attached to an aromatic ring is 1. The zero-order valence-corrected chi connectivity index (χ0v) is 10.3. The van der Waals surface area contributed by atoms with Gasteiger partial charge in [-0.3, -0.25) is 4.98 Å². The standard InChI is InChI=1S/C11H9BrFN3O/c12-9-3-7(13)1-2-10(9)17-6-8-4-16-11(14)5-15-8/h1-5H,6H2,(H2,14,16). The Labute approximate surface area is 106 Å². The number of ether oxygens (including phenoxy) is 1. The average Bonchev–Trinajstić information content (AvgIpc) is 2.30. The minimum absolute atomic E-state index is 0.248. The Bertz CT molecular complexity index is 519. The number of aromatic nitrogens is 2. The van der Waals surface area contributed by atoms with Gasteiger partial charge in [-0.1, -0.05) is 0 Å². The van der Waals surface area contributed by atoms with Crippen LogP contribution in [0.25, 0.3) is 0 Å². The molecule has 0 aliphatic heterocycles. The summed E-state index contributed by atoms with van der Waals surface area (Å²) in [6.07, 6.45) is 2.99. The molecule has 0 saturated carbocycles. The first-order valence-corrected chi connectivity index (χ1v) is 5.58. The molecule has 17 heavy (non-hydrogen) atoms. The van der Waals surface area contributed by atoms with Crippen LogP contribution in [0.15, 0.2) is 35.1 Å². The number of benzene rings is 1. The first-order chi connectivity index (χ1) is 8.15. The summed E-state index contributed by atoms with van der Waals surface area (Å²) in [5.41, 5.74) is 6.06. The summed E-state index contributed by atoms with van der Waals surface area (Å²) in [7, 11) is 0. The first kappa shape index (κ1) is 11.8. The fourth-order valence-corrected chi connectivity index (χ4v) is 1.65. The molecule has 2 N–H and O–H groups in total. The largest absolute Gasteiger partial charge is 0.486 e. The summed E-state index contributed by atoms with van der Waals surface area (Å²) in [6, 6.07) is 4.21. The zero-order valence-electron chi connectivity index (χ0n) is 8.73. The van der Waals surface area contributed by atoms with Crippen molar-refractivity contribution in [3.63, 3.8) is 0 Å². The quantitative estimate of drug-likeness (QED) is 0.946. The van der Waals surface area contributed by atoms with Gasteiger partial charge in [0.15, 0.2) is 0 Å². The summed E-state index contributed by atoms with van der Waals surface area (Å²) in [5, 5.41) is 0. The van der Waals surface area contributed by atoms with Gasteiger partial charge < -0.3 is 10.5 Å². The van der Waals surface area contributed by atoms with Crippen LogP contribution >= 0.6 is 15.9 Å². The van der Waals surface area contributed by atoms with Crippen molar-refractivity contribution in [3.8, 4) is 5.75 Å². The van der Waals surface area contributed by atoms with Gasteiger partial charge >= 0.3 is 0 Å². The van der Waals surface area contributed by atoms with Crippen molar-refractivity contribution in [1.82, 2.24) is 9.97 Å². The van der Waals surface area contributed by atoms with E-state index in [0.717, 1.165) is 0 Å². The van der Waals surface area contributed by atoms with Gasteiger partial charge in [-0.2, -0.15) is 0 Å². The van der Waals surface area contributed by atoms with E-state index in [0.29, 0.717) is 21.7 Å². The highest BCUT2D eigenvalue weighted by molar-refractivity contribution is 9.10. The van der Waals surface area contributed by atoms with Gasteiger partial charge in [0.2, 0.25) is 0 Å². The van der Waals surface area contributed by atoms with Crippen molar-refractivity contribution in [2.45, 2.75) is 6.61 Å². The molecule has 4 nitrogen and oxygen atoms in total. The highest BCUT2D eigenvalue weighted by atomic mass is 79.9. The Kier molecular flexibility index (Phi) is 3.53. The molecule has 1 aromatic carbocycles. The summed E-state index contributed by atoms with van der Waals surface area (Å²) >= 11 is 3.21. The molecule has 0 unspecified atom stereocenters. The molecule has 2 aromatic rings. The lowest BCUT2D eigenvalue weighted by Gasteiger charge is -2.07. The van der Waals surface area contributed by atoms with Crippen LogP contribution in [0.2, 0.25) is 0 Å². The fourth-order valence-electron chi connectivity index (χ4n) is 1.18. The SMILES string of the molecule is Nc1cnc(COc2ccc(F)cc2Br)cn1. The number of anilines is 1. The average molecular weight is 298 g/mol. The third kappa shape index (κ3) is 3.13. The van der Waals surface area contributed by atoms with E-state index in [1.165, 1.54) is 24.5 Å². The normalized spacial score (nSPS) is 10.2. The van der Waals surface area contributed by atoms with Crippen molar-refractivity contribution in [3.05, 3.63) is 46.6 Å². The minimum atomic E-state index is -0.323. The summed E-state index contributed by atoms with van der Waals surface area (Å²) in [6.45, 7) is 0.248. The van der Waals surface area contributed by atoms with Gasteiger partial charge in [0.25, 0.3) is 0 Å².